The van der Waals surface area contributed by atoms with Crippen molar-refractivity contribution in [3.63, 3.8) is 0 Å². The van der Waals surface area contributed by atoms with Crippen molar-refractivity contribution in [3.8, 4) is 17.0 Å². The summed E-state index contributed by atoms with van der Waals surface area (Å²) in [5.41, 5.74) is -0.680. The molecule has 1 saturated carbocycles. The predicted octanol–water partition coefficient (Wildman–Crippen LogP) is 1.91. The monoisotopic (exact) mass is 592 g/mol. The molecule has 1 atom stereocenters. The van der Waals surface area contributed by atoms with E-state index < -0.39 is 38.7 Å². The van der Waals surface area contributed by atoms with Gasteiger partial charge in [0.25, 0.3) is 5.91 Å². The number of aryl methyl sites for hydroxylation is 1. The minimum Gasteiger partial charge on any atom is -0.492 e. The quantitative estimate of drug-likeness (QED) is 0.291. The second-order valence-electron chi connectivity index (χ2n) is 9.96. The minimum atomic E-state index is -4.65. The van der Waals surface area contributed by atoms with Gasteiger partial charge < -0.3 is 20.3 Å². The van der Waals surface area contributed by atoms with Gasteiger partial charge in [0.15, 0.2) is 24.0 Å². The molecule has 1 aliphatic rings. The highest BCUT2D eigenvalue weighted by atomic mass is 31.2. The topological polar surface area (TPSA) is 197 Å². The van der Waals surface area contributed by atoms with Crippen LogP contribution in [0, 0.1) is 5.92 Å². The lowest BCUT2D eigenvalue weighted by Gasteiger charge is -2.23. The fourth-order valence-corrected chi connectivity index (χ4v) is 4.58. The molecule has 3 N–H and O–H groups in total. The number of hydrogen-bond donors (Lipinski definition) is 3. The molecule has 1 unspecified atom stereocenters. The first-order chi connectivity index (χ1) is 20.4. The van der Waals surface area contributed by atoms with Crippen molar-refractivity contribution in [2.24, 2.45) is 18.0 Å². The maximum Gasteiger partial charge on any atom is 0.474 e. The number of phosphoric acid groups is 1. The highest BCUT2D eigenvalue weighted by Gasteiger charge is 2.32. The average molecular weight is 593 g/mol. The van der Waals surface area contributed by atoms with Gasteiger partial charge >= 0.3 is 7.82 Å². The Morgan fingerprint density at radius 2 is 2.07 bits per heavy atom. The molecular formula is C24H32N9O7P. The second kappa shape index (κ2) is 11.9. The Balaban J connectivity index is 1.88. The number of anilines is 1. The Kier molecular flexibility index (Phi) is 7.51. The molecule has 1 fully saturated rings. The first-order valence-electron chi connectivity index (χ1n) is 13.8. The SMILES string of the molecule is [2H]C([2H])([2H])NC(=O)c1nn(COP(=O)(O)OC(C)(C)C)c(NC(=O)C2CC2)cc1=Nc1nccc(-c2cnn(C)n2)c1OC. The van der Waals surface area contributed by atoms with E-state index >= 15 is 0 Å². The third-order valence-corrected chi connectivity index (χ3v) is 6.69. The van der Waals surface area contributed by atoms with Crippen molar-refractivity contribution in [1.82, 2.24) is 35.1 Å². The van der Waals surface area contributed by atoms with Crippen molar-refractivity contribution < 1.29 is 36.9 Å². The van der Waals surface area contributed by atoms with Crippen molar-refractivity contribution >= 4 is 31.3 Å². The van der Waals surface area contributed by atoms with Crippen LogP contribution in [0.1, 0.15) is 48.2 Å². The molecule has 4 rings (SSSR count). The summed E-state index contributed by atoms with van der Waals surface area (Å²) in [5, 5.41) is 16.8. The van der Waals surface area contributed by atoms with Crippen LogP contribution in [0.15, 0.2) is 29.5 Å². The predicted molar refractivity (Wildman–Crippen MR) is 145 cm³/mol. The average Bonchev–Trinajstić information content (AvgIpc) is 3.66. The van der Waals surface area contributed by atoms with Gasteiger partial charge in [-0.15, -0.1) is 0 Å². The Hall–Kier alpha value is -3.98. The van der Waals surface area contributed by atoms with E-state index in [9.17, 15) is 19.0 Å². The van der Waals surface area contributed by atoms with Gasteiger partial charge in [0.2, 0.25) is 5.91 Å². The smallest absolute Gasteiger partial charge is 0.474 e. The summed E-state index contributed by atoms with van der Waals surface area (Å²) in [6.07, 6.45) is 4.24. The Morgan fingerprint density at radius 3 is 2.68 bits per heavy atom. The molecule has 17 heteroatoms. The summed E-state index contributed by atoms with van der Waals surface area (Å²) in [5.74, 6) is -1.76. The Bertz CT molecular complexity index is 1680. The van der Waals surface area contributed by atoms with E-state index in [0.29, 0.717) is 24.1 Å². The number of ether oxygens (including phenoxy) is 1. The first kappa shape index (κ1) is 26.0. The van der Waals surface area contributed by atoms with E-state index in [1.807, 2.05) is 5.32 Å². The van der Waals surface area contributed by atoms with Crippen molar-refractivity contribution in [2.45, 2.75) is 45.9 Å². The molecule has 220 valence electrons. The minimum absolute atomic E-state index is 0.0349. The van der Waals surface area contributed by atoms with Crippen LogP contribution < -0.4 is 20.7 Å². The van der Waals surface area contributed by atoms with Crippen molar-refractivity contribution in [1.29, 1.82) is 0 Å². The number of phosphoric ester groups is 1. The molecular weight excluding hydrogens is 557 g/mol. The van der Waals surface area contributed by atoms with Crippen LogP contribution in [0.4, 0.5) is 11.6 Å². The molecule has 0 aromatic carbocycles. The molecule has 3 aromatic rings. The van der Waals surface area contributed by atoms with Gasteiger partial charge in [-0.3, -0.25) is 18.6 Å². The zero-order chi connectivity index (χ0) is 32.4. The van der Waals surface area contributed by atoms with E-state index in [4.69, 9.17) is 17.9 Å². The summed E-state index contributed by atoms with van der Waals surface area (Å²) < 4.78 is 51.7. The molecule has 0 bridgehead atoms. The largest absolute Gasteiger partial charge is 0.492 e. The number of aromatic nitrogens is 6. The normalized spacial score (nSPS) is 16.7. The third kappa shape index (κ3) is 7.61. The first-order valence-corrected chi connectivity index (χ1v) is 13.8. The summed E-state index contributed by atoms with van der Waals surface area (Å²) in [4.78, 5) is 46.2. The van der Waals surface area contributed by atoms with Gasteiger partial charge in [-0.1, -0.05) is 0 Å². The standard InChI is InChI=1S/C24H32N9O7P/c1-24(2,3)40-41(36,37)39-13-33-18(29-22(34)14-7-8-14)11-16(19(31-33)23(35)25-4)28-21-20(38-6)15(9-10-26-21)17-12-27-32(5)30-17/h9-12,14H,7-8,13H2,1-6H3,(H,25,35)(H,29,34)(H,36,37)/i4D3. The van der Waals surface area contributed by atoms with Gasteiger partial charge in [0, 0.05) is 36.3 Å². The van der Waals surface area contributed by atoms with Crippen LogP contribution in [-0.4, -0.2) is 66.2 Å². The molecule has 3 heterocycles. The van der Waals surface area contributed by atoms with Crippen molar-refractivity contribution in [3.05, 3.63) is 35.6 Å². The van der Waals surface area contributed by atoms with E-state index in [1.165, 1.54) is 30.4 Å². The maximum atomic E-state index is 13.2. The van der Waals surface area contributed by atoms with Crippen LogP contribution in [0.3, 0.4) is 0 Å². The fraction of sp³-hybridized carbons (Fsp3) is 0.458. The summed E-state index contributed by atoms with van der Waals surface area (Å²) in [7, 11) is -1.64. The summed E-state index contributed by atoms with van der Waals surface area (Å²) >= 11 is 0. The van der Waals surface area contributed by atoms with Gasteiger partial charge in [-0.25, -0.2) is 19.2 Å². The molecule has 1 aliphatic carbocycles. The summed E-state index contributed by atoms with van der Waals surface area (Å²) in [6.45, 7) is 0.949. The highest BCUT2D eigenvalue weighted by molar-refractivity contribution is 7.47. The van der Waals surface area contributed by atoms with Crippen LogP contribution in [0.5, 0.6) is 5.75 Å². The van der Waals surface area contributed by atoms with E-state index in [0.717, 1.165) is 4.68 Å². The molecule has 16 nitrogen and oxygen atoms in total. The van der Waals surface area contributed by atoms with Gasteiger partial charge in [0.1, 0.15) is 16.9 Å². The number of carbonyl (C=O) groups is 2. The highest BCUT2D eigenvalue weighted by Crippen LogP contribution is 2.47. The molecule has 0 spiro atoms. The number of rotatable bonds is 10. The third-order valence-electron chi connectivity index (χ3n) is 5.47. The second-order valence-corrected chi connectivity index (χ2v) is 11.3. The van der Waals surface area contributed by atoms with Gasteiger partial charge in [-0.05, 0) is 39.7 Å². The Labute approximate surface area is 239 Å². The number of amides is 2. The molecule has 0 saturated heterocycles. The van der Waals surface area contributed by atoms with Crippen LogP contribution >= 0.6 is 7.82 Å². The van der Waals surface area contributed by atoms with E-state index in [2.05, 4.69) is 30.6 Å². The van der Waals surface area contributed by atoms with Gasteiger partial charge in [-0.2, -0.15) is 20.1 Å². The molecule has 2 amide bonds. The van der Waals surface area contributed by atoms with Crippen LogP contribution in [-0.2, 0) is 32.2 Å². The number of pyridine rings is 1. The van der Waals surface area contributed by atoms with Crippen molar-refractivity contribution in [2.75, 3.05) is 19.4 Å². The van der Waals surface area contributed by atoms with Crippen LogP contribution in [0.2, 0.25) is 0 Å². The fourth-order valence-electron chi connectivity index (χ4n) is 3.58. The molecule has 41 heavy (non-hydrogen) atoms. The number of carbonyl (C=O) groups excluding carboxylic acids is 2. The molecule has 0 radical (unpaired) electrons. The Morgan fingerprint density at radius 1 is 1.32 bits per heavy atom. The number of nitrogens with zero attached hydrogens (tertiary/aromatic N) is 7. The van der Waals surface area contributed by atoms with E-state index in [-0.39, 0.29) is 34.6 Å². The zero-order valence-electron chi connectivity index (χ0n) is 26.0. The molecule has 0 aliphatic heterocycles. The summed E-state index contributed by atoms with van der Waals surface area (Å²) in [6, 6.07) is 2.85. The lowest BCUT2D eigenvalue weighted by molar-refractivity contribution is -0.117. The zero-order valence-corrected chi connectivity index (χ0v) is 23.9. The van der Waals surface area contributed by atoms with Gasteiger partial charge in [0.05, 0.1) is 24.5 Å². The number of nitrogens with one attached hydrogen (secondary N) is 2. The lowest BCUT2D eigenvalue weighted by atomic mass is 10.2. The lowest BCUT2D eigenvalue weighted by Crippen LogP contribution is -2.32. The number of hydrogen-bond acceptors (Lipinski definition) is 11. The number of methoxy groups -OCH3 is 1. The molecule has 3 aromatic heterocycles. The van der Waals surface area contributed by atoms with Crippen LogP contribution in [0.25, 0.3) is 11.3 Å². The maximum absolute atomic E-state index is 13.2. The van der Waals surface area contributed by atoms with E-state index in [1.54, 1.807) is 33.9 Å².